The highest BCUT2D eigenvalue weighted by Gasteiger charge is 2.54. The Bertz CT molecular complexity index is 1620. The number of hydrogen-bond acceptors (Lipinski definition) is 15. The quantitative estimate of drug-likeness (QED) is 0.222. The number of benzene rings is 2. The number of fused-ring (bicyclic) bond motifs is 3. The summed E-state index contributed by atoms with van der Waals surface area (Å²) in [6, 6.07) is 6.90. The summed E-state index contributed by atoms with van der Waals surface area (Å²) in [6.45, 7) is -0.586. The van der Waals surface area contributed by atoms with Gasteiger partial charge in [-0.1, -0.05) is 5.21 Å². The van der Waals surface area contributed by atoms with Gasteiger partial charge < -0.3 is 58.3 Å². The van der Waals surface area contributed by atoms with E-state index < -0.39 is 55.2 Å². The molecule has 4 aliphatic rings. The number of nitrogens with zero attached hydrogens (tertiary/aromatic N) is 3. The van der Waals surface area contributed by atoms with E-state index in [0.717, 1.165) is 16.7 Å². The molecule has 16 nitrogen and oxygen atoms in total. The lowest BCUT2D eigenvalue weighted by Gasteiger charge is -2.39. The normalized spacial score (nSPS) is 30.8. The molecule has 4 heterocycles. The summed E-state index contributed by atoms with van der Waals surface area (Å²) in [7, 11) is 4.58. The molecule has 0 bridgehead atoms. The Morgan fingerprint density at radius 3 is 2.28 bits per heavy atom. The number of cyclic esters (lactones) is 1. The fraction of sp³-hybridized carbons (Fsp3) is 0.516. The number of methoxy groups -OCH3 is 3. The first-order valence-corrected chi connectivity index (χ1v) is 15.0. The molecule has 3 aliphatic heterocycles. The Labute approximate surface area is 268 Å². The minimum absolute atomic E-state index is 0.0510. The van der Waals surface area contributed by atoms with Crippen molar-refractivity contribution in [1.82, 2.24) is 15.0 Å². The number of ether oxygens (including phenoxy) is 8. The molecule has 1 aliphatic carbocycles. The summed E-state index contributed by atoms with van der Waals surface area (Å²) in [5.74, 6) is 0.530. The van der Waals surface area contributed by atoms with E-state index in [9.17, 15) is 25.2 Å². The van der Waals surface area contributed by atoms with Crippen LogP contribution in [0.25, 0.3) is 0 Å². The molecule has 2 saturated heterocycles. The Balaban J connectivity index is 1.26. The maximum Gasteiger partial charge on any atom is 0.310 e. The van der Waals surface area contributed by atoms with Crippen molar-refractivity contribution >= 4 is 5.97 Å². The van der Waals surface area contributed by atoms with Crippen LogP contribution in [0.4, 0.5) is 0 Å². The molecule has 4 N–H and O–H groups in total. The first-order valence-electron chi connectivity index (χ1n) is 15.0. The highest BCUT2D eigenvalue weighted by molar-refractivity contribution is 5.79. The van der Waals surface area contributed by atoms with Gasteiger partial charge in [-0.25, -0.2) is 4.68 Å². The fourth-order valence-corrected chi connectivity index (χ4v) is 7.04. The molecule has 2 fully saturated rings. The molecule has 2 aromatic carbocycles. The van der Waals surface area contributed by atoms with Crippen molar-refractivity contribution in [3.8, 4) is 28.7 Å². The molecule has 252 valence electrons. The van der Waals surface area contributed by atoms with Gasteiger partial charge in [0.05, 0.1) is 59.3 Å². The first-order chi connectivity index (χ1) is 22.8. The van der Waals surface area contributed by atoms with E-state index in [4.69, 9.17) is 37.9 Å². The Kier molecular flexibility index (Phi) is 8.32. The average Bonchev–Trinajstić information content (AvgIpc) is 3.84. The molecule has 7 rings (SSSR count). The number of carbonyl (C=O) groups is 1. The molecule has 0 amide bonds. The number of aromatic nitrogens is 3. The zero-order chi connectivity index (χ0) is 33.0. The zero-order valence-corrected chi connectivity index (χ0v) is 25.7. The molecule has 0 radical (unpaired) electrons. The lowest BCUT2D eigenvalue weighted by molar-refractivity contribution is -0.304. The van der Waals surface area contributed by atoms with E-state index >= 15 is 0 Å². The topological polar surface area (TPSA) is 203 Å². The summed E-state index contributed by atoms with van der Waals surface area (Å²) in [4.78, 5) is 13.5. The molecule has 47 heavy (non-hydrogen) atoms. The predicted octanol–water partition coefficient (Wildman–Crippen LogP) is -0.127. The van der Waals surface area contributed by atoms with E-state index in [1.807, 2.05) is 24.3 Å². The van der Waals surface area contributed by atoms with Gasteiger partial charge in [0.25, 0.3) is 0 Å². The molecular formula is C31H35N3O13. The van der Waals surface area contributed by atoms with Crippen molar-refractivity contribution in [2.45, 2.75) is 49.3 Å². The molecular weight excluding hydrogens is 622 g/mol. The van der Waals surface area contributed by atoms with Crippen LogP contribution in [-0.2, 0) is 25.6 Å². The van der Waals surface area contributed by atoms with Crippen LogP contribution in [0.2, 0.25) is 0 Å². The van der Waals surface area contributed by atoms with Gasteiger partial charge in [-0.2, -0.15) is 0 Å². The van der Waals surface area contributed by atoms with Crippen molar-refractivity contribution in [2.75, 3.05) is 41.3 Å². The highest BCUT2D eigenvalue weighted by atomic mass is 16.7. The van der Waals surface area contributed by atoms with Gasteiger partial charge in [0, 0.05) is 11.8 Å². The van der Waals surface area contributed by atoms with E-state index in [0.29, 0.717) is 34.4 Å². The Morgan fingerprint density at radius 2 is 1.62 bits per heavy atom. The van der Waals surface area contributed by atoms with Crippen molar-refractivity contribution in [3.05, 3.63) is 52.8 Å². The van der Waals surface area contributed by atoms with Gasteiger partial charge in [-0.05, 0) is 41.0 Å². The van der Waals surface area contributed by atoms with Crippen LogP contribution in [0.1, 0.15) is 34.3 Å². The van der Waals surface area contributed by atoms with Crippen LogP contribution < -0.4 is 23.7 Å². The molecule has 0 spiro atoms. The summed E-state index contributed by atoms with van der Waals surface area (Å²) >= 11 is 0. The maximum atomic E-state index is 13.5. The highest BCUT2D eigenvalue weighted by Crippen LogP contribution is 2.56. The van der Waals surface area contributed by atoms with Gasteiger partial charge in [0.1, 0.15) is 30.1 Å². The minimum atomic E-state index is -1.58. The summed E-state index contributed by atoms with van der Waals surface area (Å²) < 4.78 is 46.8. The first kappa shape index (κ1) is 31.4. The minimum Gasteiger partial charge on any atom is -0.493 e. The number of rotatable bonds is 9. The fourth-order valence-electron chi connectivity index (χ4n) is 7.04. The van der Waals surface area contributed by atoms with Gasteiger partial charge in [-0.15, -0.1) is 5.10 Å². The van der Waals surface area contributed by atoms with Crippen molar-refractivity contribution in [2.24, 2.45) is 11.8 Å². The standard InChI is InChI=1S/C31H35N3O13/c1-40-20-4-13(5-21(41-2)29(20)42-3)23-15-6-18-19(46-12-45-18)7-16(15)25(17-11-43-30(39)24(17)23)34-8-14(32-33-34)10-44-31-28(38)27(37)26(36)22(9-35)47-31/h4-8,17,22-28,31,35-38H,9-12H2,1-3H3/t17-,22+,23+,24-,25+,26+,27-,28+,31+/m0/s1. The van der Waals surface area contributed by atoms with Gasteiger partial charge in [-0.3, -0.25) is 4.79 Å². The summed E-state index contributed by atoms with van der Waals surface area (Å²) in [5, 5.41) is 48.7. The molecule has 16 heteroatoms. The average molecular weight is 658 g/mol. The third-order valence-corrected chi connectivity index (χ3v) is 9.28. The predicted molar refractivity (Wildman–Crippen MR) is 155 cm³/mol. The lowest BCUT2D eigenvalue weighted by atomic mass is 9.65. The second kappa shape index (κ2) is 12.4. The van der Waals surface area contributed by atoms with E-state index in [1.165, 1.54) is 21.3 Å². The van der Waals surface area contributed by atoms with Gasteiger partial charge in [0.2, 0.25) is 12.5 Å². The number of esters is 1. The van der Waals surface area contributed by atoms with E-state index in [-0.39, 0.29) is 31.9 Å². The molecule has 0 unspecified atom stereocenters. The van der Waals surface area contributed by atoms with E-state index in [1.54, 1.807) is 10.9 Å². The maximum absolute atomic E-state index is 13.5. The summed E-state index contributed by atoms with van der Waals surface area (Å²) in [5.41, 5.74) is 2.72. The second-order valence-electron chi connectivity index (χ2n) is 11.7. The van der Waals surface area contributed by atoms with Crippen LogP contribution in [0.3, 0.4) is 0 Å². The number of hydrogen-bond donors (Lipinski definition) is 4. The Morgan fingerprint density at radius 1 is 0.915 bits per heavy atom. The zero-order valence-electron chi connectivity index (χ0n) is 25.7. The van der Waals surface area contributed by atoms with Crippen LogP contribution in [0.5, 0.6) is 28.7 Å². The van der Waals surface area contributed by atoms with Gasteiger partial charge >= 0.3 is 5.97 Å². The number of aliphatic hydroxyl groups excluding tert-OH is 4. The molecule has 0 saturated carbocycles. The Hall–Kier alpha value is -4.19. The largest absolute Gasteiger partial charge is 0.493 e. The van der Waals surface area contributed by atoms with Crippen molar-refractivity contribution in [3.63, 3.8) is 0 Å². The monoisotopic (exact) mass is 657 g/mol. The third-order valence-electron chi connectivity index (χ3n) is 9.28. The SMILES string of the molecule is COc1cc([C@@H]2c3cc4c(cc3[C@@H](n3cc(CO[C@@H]5O[C@H](CO)[C@@H](O)[C@H](O)[C@H]5O)nn3)[C@H]3COC(=O)[C@H]23)OCO4)cc(OC)c1OC. The van der Waals surface area contributed by atoms with Crippen molar-refractivity contribution in [1.29, 1.82) is 0 Å². The van der Waals surface area contributed by atoms with Gasteiger partial charge in [0.15, 0.2) is 29.3 Å². The lowest BCUT2D eigenvalue weighted by Crippen LogP contribution is -2.59. The number of aliphatic hydroxyl groups is 4. The van der Waals surface area contributed by atoms with Crippen LogP contribution in [0, 0.1) is 11.8 Å². The van der Waals surface area contributed by atoms with E-state index in [2.05, 4.69) is 10.3 Å². The van der Waals surface area contributed by atoms with Crippen LogP contribution >= 0.6 is 0 Å². The molecule has 3 aromatic rings. The van der Waals surface area contributed by atoms with Crippen LogP contribution in [-0.4, -0.2) is 113 Å². The molecule has 1 aromatic heterocycles. The third kappa shape index (κ3) is 5.21. The van der Waals surface area contributed by atoms with Crippen molar-refractivity contribution < 1.29 is 63.1 Å². The van der Waals surface area contributed by atoms with Crippen LogP contribution in [0.15, 0.2) is 30.5 Å². The molecule has 9 atom stereocenters. The smallest absolute Gasteiger partial charge is 0.310 e. The second-order valence-corrected chi connectivity index (χ2v) is 11.7. The summed E-state index contributed by atoms with van der Waals surface area (Å²) in [6.07, 6.45) is -5.45. The number of carbonyl (C=O) groups excluding carboxylic acids is 1.